The van der Waals surface area contributed by atoms with Crippen LogP contribution in [0.4, 0.5) is 4.79 Å². The molecule has 0 saturated heterocycles. The molecule has 4 N–H and O–H groups in total. The number of carbonyl (C=O) groups excluding carboxylic acids is 1. The Morgan fingerprint density at radius 3 is 2.67 bits per heavy atom. The molecule has 0 aliphatic heterocycles. The monoisotopic (exact) mass is 325 g/mol. The fourth-order valence-electron chi connectivity index (χ4n) is 3.21. The summed E-state index contributed by atoms with van der Waals surface area (Å²) in [5, 5.41) is 6.42. The molecule has 0 spiro atoms. The summed E-state index contributed by atoms with van der Waals surface area (Å²) in [7, 11) is 0. The third-order valence-corrected chi connectivity index (χ3v) is 4.27. The van der Waals surface area contributed by atoms with Gasteiger partial charge in [-0.05, 0) is 36.6 Å². The van der Waals surface area contributed by atoms with Crippen LogP contribution in [0.2, 0.25) is 0 Å². The van der Waals surface area contributed by atoms with Crippen molar-refractivity contribution >= 4 is 6.03 Å². The van der Waals surface area contributed by atoms with Crippen LogP contribution in [0.15, 0.2) is 54.6 Å². The number of hydrogen-bond donors (Lipinski definition) is 3. The molecule has 1 aliphatic carbocycles. The number of para-hydroxylation sites is 1. The maximum absolute atomic E-state index is 11.3. The van der Waals surface area contributed by atoms with Gasteiger partial charge >= 0.3 is 6.03 Å². The average Bonchev–Trinajstić information content (AvgIpc) is 2.91. The van der Waals surface area contributed by atoms with Crippen LogP contribution >= 0.6 is 0 Å². The first kappa shape index (κ1) is 16.3. The van der Waals surface area contributed by atoms with Gasteiger partial charge in [-0.2, -0.15) is 0 Å². The van der Waals surface area contributed by atoms with Crippen LogP contribution in [0.25, 0.3) is 0 Å². The molecule has 0 saturated carbocycles. The van der Waals surface area contributed by atoms with E-state index in [1.165, 1.54) is 11.1 Å². The molecule has 126 valence electrons. The highest BCUT2D eigenvalue weighted by Crippen LogP contribution is 2.31. The van der Waals surface area contributed by atoms with E-state index in [1.54, 1.807) is 0 Å². The first-order valence-corrected chi connectivity index (χ1v) is 8.21. The second-order valence-corrected chi connectivity index (χ2v) is 6.19. The number of urea groups is 1. The van der Waals surface area contributed by atoms with Crippen LogP contribution < -0.4 is 21.1 Å². The standard InChI is InChI=1S/C19H23N3O2/c1-13(12-24-15-8-3-2-4-9-15)21-18-16-10-6-5-7-14(16)11-17(18)22-19(20)23/h2-10,13,17-18,21H,11-12H2,1H3,(H3,20,22,23). The van der Waals surface area contributed by atoms with E-state index in [9.17, 15) is 4.79 Å². The highest BCUT2D eigenvalue weighted by molar-refractivity contribution is 5.72. The van der Waals surface area contributed by atoms with Crippen molar-refractivity contribution in [3.05, 3.63) is 65.7 Å². The van der Waals surface area contributed by atoms with Gasteiger partial charge in [0.15, 0.2) is 0 Å². The first-order valence-electron chi connectivity index (χ1n) is 8.21. The van der Waals surface area contributed by atoms with Gasteiger partial charge in [-0.15, -0.1) is 0 Å². The summed E-state index contributed by atoms with van der Waals surface area (Å²) < 4.78 is 5.81. The van der Waals surface area contributed by atoms with E-state index in [4.69, 9.17) is 10.5 Å². The Morgan fingerprint density at radius 2 is 1.92 bits per heavy atom. The Morgan fingerprint density at radius 1 is 1.21 bits per heavy atom. The third-order valence-electron chi connectivity index (χ3n) is 4.27. The molecule has 1 aliphatic rings. The van der Waals surface area contributed by atoms with Gasteiger partial charge in [0.2, 0.25) is 0 Å². The Hall–Kier alpha value is -2.53. The molecule has 24 heavy (non-hydrogen) atoms. The lowest BCUT2D eigenvalue weighted by Gasteiger charge is -2.26. The summed E-state index contributed by atoms with van der Waals surface area (Å²) in [4.78, 5) is 11.3. The molecule has 0 bridgehead atoms. The molecule has 0 aromatic heterocycles. The van der Waals surface area contributed by atoms with Gasteiger partial charge in [-0.25, -0.2) is 4.79 Å². The van der Waals surface area contributed by atoms with Crippen molar-refractivity contribution in [1.82, 2.24) is 10.6 Å². The number of primary amides is 1. The number of nitrogens with two attached hydrogens (primary N) is 1. The van der Waals surface area contributed by atoms with Gasteiger partial charge in [-0.1, -0.05) is 42.5 Å². The topological polar surface area (TPSA) is 76.4 Å². The zero-order valence-electron chi connectivity index (χ0n) is 13.7. The summed E-state index contributed by atoms with van der Waals surface area (Å²) >= 11 is 0. The molecule has 0 fully saturated rings. The molecule has 2 aromatic carbocycles. The van der Waals surface area contributed by atoms with Crippen LogP contribution in [0.3, 0.4) is 0 Å². The number of carbonyl (C=O) groups is 1. The third kappa shape index (κ3) is 3.86. The molecular formula is C19H23N3O2. The van der Waals surface area contributed by atoms with E-state index in [2.05, 4.69) is 29.7 Å². The van der Waals surface area contributed by atoms with Gasteiger partial charge in [0.1, 0.15) is 12.4 Å². The normalized spacial score (nSPS) is 20.2. The second kappa shape index (κ2) is 7.36. The van der Waals surface area contributed by atoms with Crippen molar-refractivity contribution in [3.63, 3.8) is 0 Å². The largest absolute Gasteiger partial charge is 0.492 e. The smallest absolute Gasteiger partial charge is 0.312 e. The summed E-state index contributed by atoms with van der Waals surface area (Å²) in [6, 6.07) is 17.6. The summed E-state index contributed by atoms with van der Waals surface area (Å²) in [6.45, 7) is 2.62. The molecule has 0 heterocycles. The maximum atomic E-state index is 11.3. The van der Waals surface area contributed by atoms with Gasteiger partial charge in [0.25, 0.3) is 0 Å². The second-order valence-electron chi connectivity index (χ2n) is 6.19. The number of rotatable bonds is 6. The molecular weight excluding hydrogens is 302 g/mol. The first-order chi connectivity index (χ1) is 11.6. The Bertz CT molecular complexity index is 690. The van der Waals surface area contributed by atoms with Crippen LogP contribution in [0, 0.1) is 0 Å². The van der Waals surface area contributed by atoms with Crippen LogP contribution in [-0.4, -0.2) is 24.7 Å². The summed E-state index contributed by atoms with van der Waals surface area (Å²) in [5.74, 6) is 0.852. The van der Waals surface area contributed by atoms with E-state index >= 15 is 0 Å². The van der Waals surface area contributed by atoms with E-state index < -0.39 is 6.03 Å². The van der Waals surface area contributed by atoms with Crippen LogP contribution in [0.1, 0.15) is 24.1 Å². The number of hydrogen-bond acceptors (Lipinski definition) is 3. The lowest BCUT2D eigenvalue weighted by atomic mass is 10.1. The molecule has 3 rings (SSSR count). The molecule has 3 unspecified atom stereocenters. The average molecular weight is 325 g/mol. The molecule has 2 aromatic rings. The molecule has 0 radical (unpaired) electrons. The van der Waals surface area contributed by atoms with E-state index in [-0.39, 0.29) is 18.1 Å². The Kier molecular flexibility index (Phi) is 5.01. The van der Waals surface area contributed by atoms with E-state index in [0.29, 0.717) is 6.61 Å². The quantitative estimate of drug-likeness (QED) is 0.763. The fourth-order valence-corrected chi connectivity index (χ4v) is 3.21. The zero-order valence-corrected chi connectivity index (χ0v) is 13.7. The number of fused-ring (bicyclic) bond motifs is 1. The molecule has 5 nitrogen and oxygen atoms in total. The minimum atomic E-state index is -0.493. The highest BCUT2D eigenvalue weighted by atomic mass is 16.5. The van der Waals surface area contributed by atoms with Gasteiger partial charge in [0, 0.05) is 6.04 Å². The lowest BCUT2D eigenvalue weighted by Crippen LogP contribution is -2.47. The predicted octanol–water partition coefficient (Wildman–Crippen LogP) is 2.38. The van der Waals surface area contributed by atoms with Crippen molar-refractivity contribution in [2.45, 2.75) is 31.5 Å². The summed E-state index contributed by atoms with van der Waals surface area (Å²) in [6.07, 6.45) is 0.781. The zero-order chi connectivity index (χ0) is 16.9. The van der Waals surface area contributed by atoms with Crippen LogP contribution in [0.5, 0.6) is 5.75 Å². The maximum Gasteiger partial charge on any atom is 0.312 e. The minimum Gasteiger partial charge on any atom is -0.492 e. The van der Waals surface area contributed by atoms with Crippen molar-refractivity contribution < 1.29 is 9.53 Å². The van der Waals surface area contributed by atoms with E-state index in [0.717, 1.165) is 12.2 Å². The minimum absolute atomic E-state index is 0.0306. The molecule has 2 amide bonds. The number of benzene rings is 2. The van der Waals surface area contributed by atoms with Gasteiger partial charge < -0.3 is 21.1 Å². The number of nitrogens with one attached hydrogen (secondary N) is 2. The van der Waals surface area contributed by atoms with Gasteiger partial charge in [0.05, 0.1) is 12.1 Å². The van der Waals surface area contributed by atoms with Crippen molar-refractivity contribution in [1.29, 1.82) is 0 Å². The van der Waals surface area contributed by atoms with Crippen LogP contribution in [-0.2, 0) is 6.42 Å². The Balaban J connectivity index is 1.65. The number of amides is 2. The predicted molar refractivity (Wildman–Crippen MR) is 93.9 cm³/mol. The lowest BCUT2D eigenvalue weighted by molar-refractivity contribution is 0.234. The van der Waals surface area contributed by atoms with E-state index in [1.807, 2.05) is 42.5 Å². The van der Waals surface area contributed by atoms with Crippen molar-refractivity contribution in [2.75, 3.05) is 6.61 Å². The number of ether oxygens (including phenoxy) is 1. The molecule has 3 atom stereocenters. The fraction of sp³-hybridized carbons (Fsp3) is 0.316. The SMILES string of the molecule is CC(COc1ccccc1)NC1c2ccccc2CC1NC(N)=O. The van der Waals surface area contributed by atoms with Crippen molar-refractivity contribution in [3.8, 4) is 5.75 Å². The summed E-state index contributed by atoms with van der Waals surface area (Å²) in [5.41, 5.74) is 7.78. The van der Waals surface area contributed by atoms with Gasteiger partial charge in [-0.3, -0.25) is 0 Å². The van der Waals surface area contributed by atoms with Crippen molar-refractivity contribution in [2.24, 2.45) is 5.73 Å². The Labute approximate surface area is 142 Å². The highest BCUT2D eigenvalue weighted by Gasteiger charge is 2.33. The molecule has 5 heteroatoms.